The minimum atomic E-state index is -0.951. The van der Waals surface area contributed by atoms with Gasteiger partial charge in [-0.15, -0.1) is 24.8 Å². The summed E-state index contributed by atoms with van der Waals surface area (Å²) in [7, 11) is 7.54. The topological polar surface area (TPSA) is 81.1 Å². The van der Waals surface area contributed by atoms with Gasteiger partial charge in [0.05, 0.1) is 5.41 Å². The average Bonchev–Trinajstić information content (AvgIpc) is 2.27. The standard InChI is InChI=1S/C13H26N2O4.2ClH/c1-14(2)9-7-13(12(18)19,6-5-11(16)17)8-10-15(3)4;;/h5-10H2,1-4H3,(H,16,17)(H,18,19);2*1H. The van der Waals surface area contributed by atoms with Crippen LogP contribution in [0.25, 0.3) is 0 Å². The minimum absolute atomic E-state index is 0. The van der Waals surface area contributed by atoms with E-state index < -0.39 is 17.4 Å². The molecule has 0 aromatic carbocycles. The predicted octanol–water partition coefficient (Wildman–Crippen LogP) is 1.67. The van der Waals surface area contributed by atoms with E-state index in [1.165, 1.54) is 0 Å². The lowest BCUT2D eigenvalue weighted by molar-refractivity contribution is -0.151. The molecule has 0 atom stereocenters. The van der Waals surface area contributed by atoms with Gasteiger partial charge in [0.25, 0.3) is 0 Å². The number of halogens is 2. The van der Waals surface area contributed by atoms with Crippen molar-refractivity contribution in [3.05, 3.63) is 0 Å². The van der Waals surface area contributed by atoms with Gasteiger partial charge in [-0.3, -0.25) is 9.59 Å². The Kier molecular flexibility index (Phi) is 14.6. The van der Waals surface area contributed by atoms with Crippen LogP contribution in [0.5, 0.6) is 0 Å². The minimum Gasteiger partial charge on any atom is -0.481 e. The molecule has 0 heterocycles. The van der Waals surface area contributed by atoms with E-state index in [1.54, 1.807) is 0 Å². The zero-order valence-electron chi connectivity index (χ0n) is 13.2. The van der Waals surface area contributed by atoms with Gasteiger partial charge in [-0.2, -0.15) is 0 Å². The summed E-state index contributed by atoms with van der Waals surface area (Å²) < 4.78 is 0. The first-order valence-electron chi connectivity index (χ1n) is 6.44. The largest absolute Gasteiger partial charge is 0.481 e. The Morgan fingerprint density at radius 3 is 1.48 bits per heavy atom. The number of carboxylic acid groups (broad SMARTS) is 2. The fraction of sp³-hybridized carbons (Fsp3) is 0.846. The fourth-order valence-electron chi connectivity index (χ4n) is 1.92. The van der Waals surface area contributed by atoms with Gasteiger partial charge in [0.15, 0.2) is 0 Å². The second-order valence-corrected chi connectivity index (χ2v) is 5.59. The number of hydrogen-bond acceptors (Lipinski definition) is 4. The predicted molar refractivity (Wildman–Crippen MR) is 87.8 cm³/mol. The van der Waals surface area contributed by atoms with Gasteiger partial charge in [-0.25, -0.2) is 0 Å². The van der Waals surface area contributed by atoms with Crippen molar-refractivity contribution >= 4 is 36.8 Å². The summed E-state index contributed by atoms with van der Waals surface area (Å²) in [5.41, 5.74) is -0.951. The maximum Gasteiger partial charge on any atom is 0.309 e. The maximum atomic E-state index is 11.6. The number of hydrogen-bond donors (Lipinski definition) is 2. The highest BCUT2D eigenvalue weighted by Gasteiger charge is 2.38. The molecule has 6 nitrogen and oxygen atoms in total. The molecule has 0 rings (SSSR count). The van der Waals surface area contributed by atoms with Gasteiger partial charge in [-0.1, -0.05) is 0 Å². The summed E-state index contributed by atoms with van der Waals surface area (Å²) in [5, 5.41) is 18.3. The SMILES string of the molecule is CN(C)CCC(CCC(=O)O)(CCN(C)C)C(=O)O.Cl.Cl. The molecule has 0 bridgehead atoms. The van der Waals surface area contributed by atoms with Crippen molar-refractivity contribution in [3.8, 4) is 0 Å². The van der Waals surface area contributed by atoms with Crippen molar-refractivity contribution in [2.45, 2.75) is 25.7 Å². The quantitative estimate of drug-likeness (QED) is 0.626. The summed E-state index contributed by atoms with van der Waals surface area (Å²) in [5.74, 6) is -1.84. The van der Waals surface area contributed by atoms with Crippen LogP contribution in [0.15, 0.2) is 0 Å². The van der Waals surface area contributed by atoms with E-state index in [2.05, 4.69) is 0 Å². The molecular formula is C13H28Cl2N2O4. The lowest BCUT2D eigenvalue weighted by Crippen LogP contribution is -2.37. The summed E-state index contributed by atoms with van der Waals surface area (Å²) in [4.78, 5) is 26.2. The molecule has 0 spiro atoms. The Hall–Kier alpha value is -0.560. The van der Waals surface area contributed by atoms with E-state index >= 15 is 0 Å². The Morgan fingerprint density at radius 2 is 1.24 bits per heavy atom. The highest BCUT2D eigenvalue weighted by atomic mass is 35.5. The third-order valence-electron chi connectivity index (χ3n) is 3.35. The van der Waals surface area contributed by atoms with Gasteiger partial charge < -0.3 is 20.0 Å². The Balaban J connectivity index is -0.00000162. The normalized spacial score (nSPS) is 11.0. The van der Waals surface area contributed by atoms with E-state index in [-0.39, 0.29) is 37.7 Å². The van der Waals surface area contributed by atoms with Crippen molar-refractivity contribution in [1.29, 1.82) is 0 Å². The molecule has 128 valence electrons. The van der Waals surface area contributed by atoms with Crippen LogP contribution in [0, 0.1) is 5.41 Å². The van der Waals surface area contributed by atoms with E-state index in [9.17, 15) is 14.7 Å². The van der Waals surface area contributed by atoms with Gasteiger partial charge >= 0.3 is 11.9 Å². The molecule has 0 saturated carbocycles. The van der Waals surface area contributed by atoms with Crippen LogP contribution in [0.4, 0.5) is 0 Å². The second kappa shape index (κ2) is 12.0. The van der Waals surface area contributed by atoms with Crippen LogP contribution >= 0.6 is 24.8 Å². The number of carboxylic acids is 2. The fourth-order valence-corrected chi connectivity index (χ4v) is 1.92. The molecule has 0 aromatic rings. The lowest BCUT2D eigenvalue weighted by atomic mass is 9.76. The molecule has 0 amide bonds. The number of nitrogens with zero attached hydrogens (tertiary/aromatic N) is 2. The smallest absolute Gasteiger partial charge is 0.309 e. The molecule has 0 aromatic heterocycles. The van der Waals surface area contributed by atoms with Crippen LogP contribution in [0.2, 0.25) is 0 Å². The zero-order chi connectivity index (χ0) is 15.1. The van der Waals surface area contributed by atoms with Crippen LogP contribution in [-0.2, 0) is 9.59 Å². The van der Waals surface area contributed by atoms with Gasteiger partial charge in [0.1, 0.15) is 0 Å². The molecule has 0 aliphatic carbocycles. The van der Waals surface area contributed by atoms with Crippen molar-refractivity contribution in [2.24, 2.45) is 5.41 Å². The third-order valence-corrected chi connectivity index (χ3v) is 3.35. The van der Waals surface area contributed by atoms with Crippen LogP contribution in [-0.4, -0.2) is 73.2 Å². The molecular weight excluding hydrogens is 319 g/mol. The average molecular weight is 347 g/mol. The molecule has 0 aliphatic heterocycles. The van der Waals surface area contributed by atoms with Crippen LogP contribution in [0.1, 0.15) is 25.7 Å². The second-order valence-electron chi connectivity index (χ2n) is 5.59. The van der Waals surface area contributed by atoms with Crippen LogP contribution in [0.3, 0.4) is 0 Å². The van der Waals surface area contributed by atoms with E-state index in [0.29, 0.717) is 25.9 Å². The van der Waals surface area contributed by atoms with E-state index in [4.69, 9.17) is 5.11 Å². The van der Waals surface area contributed by atoms with Gasteiger partial charge in [-0.05, 0) is 60.5 Å². The molecule has 0 saturated heterocycles. The molecule has 0 radical (unpaired) electrons. The summed E-state index contributed by atoms with van der Waals surface area (Å²) in [6, 6.07) is 0. The number of aliphatic carboxylic acids is 2. The van der Waals surface area contributed by atoms with Crippen molar-refractivity contribution in [1.82, 2.24) is 9.80 Å². The molecule has 0 unspecified atom stereocenters. The molecule has 21 heavy (non-hydrogen) atoms. The number of rotatable bonds is 10. The van der Waals surface area contributed by atoms with Crippen molar-refractivity contribution in [2.75, 3.05) is 41.3 Å². The first-order chi connectivity index (χ1) is 8.69. The van der Waals surface area contributed by atoms with Crippen molar-refractivity contribution < 1.29 is 19.8 Å². The zero-order valence-corrected chi connectivity index (χ0v) is 14.8. The summed E-state index contributed by atoms with van der Waals surface area (Å²) >= 11 is 0. The Labute approximate surface area is 139 Å². The van der Waals surface area contributed by atoms with E-state index in [1.807, 2.05) is 38.0 Å². The maximum absolute atomic E-state index is 11.6. The lowest BCUT2D eigenvalue weighted by Gasteiger charge is -2.31. The number of carbonyl (C=O) groups is 2. The Morgan fingerprint density at radius 1 is 0.857 bits per heavy atom. The van der Waals surface area contributed by atoms with Crippen LogP contribution < -0.4 is 0 Å². The summed E-state index contributed by atoms with van der Waals surface area (Å²) in [6.45, 7) is 1.28. The molecule has 8 heteroatoms. The first kappa shape index (κ1) is 25.4. The van der Waals surface area contributed by atoms with Gasteiger partial charge in [0.2, 0.25) is 0 Å². The first-order valence-corrected chi connectivity index (χ1v) is 6.44. The highest BCUT2D eigenvalue weighted by Crippen LogP contribution is 2.33. The van der Waals surface area contributed by atoms with Crippen molar-refractivity contribution in [3.63, 3.8) is 0 Å². The Bertz CT molecular complexity index is 301. The molecule has 0 aliphatic rings. The highest BCUT2D eigenvalue weighted by molar-refractivity contribution is 5.85. The molecule has 0 fully saturated rings. The third kappa shape index (κ3) is 10.8. The molecule has 2 N–H and O–H groups in total. The summed E-state index contributed by atoms with van der Waals surface area (Å²) in [6.07, 6.45) is 1.01. The van der Waals surface area contributed by atoms with Gasteiger partial charge in [0, 0.05) is 6.42 Å². The van der Waals surface area contributed by atoms with E-state index in [0.717, 1.165) is 0 Å². The monoisotopic (exact) mass is 346 g/mol.